The molecular weight excluding hydrogens is 326 g/mol. The number of hydrogen-bond acceptors (Lipinski definition) is 5. The molecule has 5 heteroatoms. The van der Waals surface area contributed by atoms with Gasteiger partial charge in [0.25, 0.3) is 0 Å². The van der Waals surface area contributed by atoms with E-state index in [-0.39, 0.29) is 0 Å². The minimum atomic E-state index is 0.507. The van der Waals surface area contributed by atoms with Crippen LogP contribution in [0.2, 0.25) is 0 Å². The summed E-state index contributed by atoms with van der Waals surface area (Å²) in [6.07, 6.45) is 12.0. The Hall–Kier alpha value is -1.98. The van der Waals surface area contributed by atoms with E-state index in [9.17, 15) is 0 Å². The fourth-order valence-corrected chi connectivity index (χ4v) is 3.41. The number of rotatable bonds is 10. The van der Waals surface area contributed by atoms with Gasteiger partial charge in [0.2, 0.25) is 0 Å². The normalized spacial score (nSPS) is 24.1. The van der Waals surface area contributed by atoms with Crippen LogP contribution >= 0.6 is 0 Å². The highest BCUT2D eigenvalue weighted by Crippen LogP contribution is 2.47. The second-order valence-corrected chi connectivity index (χ2v) is 7.34. The third-order valence-corrected chi connectivity index (χ3v) is 5.30. The van der Waals surface area contributed by atoms with E-state index in [2.05, 4.69) is 33.5 Å². The molecule has 138 valence electrons. The summed E-state index contributed by atoms with van der Waals surface area (Å²) in [5.41, 5.74) is 2.61. The smallest absolute Gasteiger partial charge is 0.137 e. The summed E-state index contributed by atoms with van der Waals surface area (Å²) in [7, 11) is 0. The molecule has 1 aliphatic heterocycles. The summed E-state index contributed by atoms with van der Waals surface area (Å²) < 4.78 is 11.7. The van der Waals surface area contributed by atoms with Gasteiger partial charge in [-0.15, -0.1) is 0 Å². The lowest BCUT2D eigenvalue weighted by molar-refractivity contribution is 0.121. The maximum absolute atomic E-state index is 5.89. The average Bonchev–Trinajstić information content (AvgIpc) is 3.41. The Labute approximate surface area is 155 Å². The van der Waals surface area contributed by atoms with Crippen molar-refractivity contribution in [2.24, 2.45) is 5.92 Å². The second kappa shape index (κ2) is 8.60. The molecule has 1 N–H and O–H groups in total. The lowest BCUT2D eigenvalue weighted by Gasteiger charge is -2.27. The molecule has 0 bridgehead atoms. The molecule has 5 nitrogen and oxygen atoms in total. The van der Waals surface area contributed by atoms with Gasteiger partial charge in [0.05, 0.1) is 6.20 Å². The Bertz CT molecular complexity index is 691. The first-order valence-electron chi connectivity index (χ1n) is 9.66. The number of hydrogen-bond donors (Lipinski definition) is 1. The number of aromatic nitrogens is 2. The van der Waals surface area contributed by atoms with Crippen molar-refractivity contribution in [2.75, 3.05) is 26.4 Å². The van der Waals surface area contributed by atoms with E-state index in [0.29, 0.717) is 17.9 Å². The van der Waals surface area contributed by atoms with Crippen LogP contribution < -0.4 is 10.1 Å². The standard InChI is InChI=1S/C21H27N3O2/c1(2-16-3-6-22-7-4-16)9-25-14-18-11-21(18)17-10-20(13-23-12-17)26-15-19-5-8-24-19/h3-4,6-7,10,12-13,18-19,21,24H,1-2,5,8-9,11,14-15H2. The lowest BCUT2D eigenvalue weighted by Crippen LogP contribution is -2.46. The predicted molar refractivity (Wildman–Crippen MR) is 100 cm³/mol. The first-order valence-corrected chi connectivity index (χ1v) is 9.66. The highest BCUT2D eigenvalue weighted by Gasteiger charge is 2.38. The van der Waals surface area contributed by atoms with Gasteiger partial charge < -0.3 is 14.8 Å². The first-order chi connectivity index (χ1) is 12.9. The lowest BCUT2D eigenvalue weighted by atomic mass is 10.1. The van der Waals surface area contributed by atoms with Gasteiger partial charge >= 0.3 is 0 Å². The molecule has 3 atom stereocenters. The zero-order valence-electron chi connectivity index (χ0n) is 15.1. The molecule has 0 spiro atoms. The Balaban J connectivity index is 1.14. The average molecular weight is 353 g/mol. The van der Waals surface area contributed by atoms with Crippen LogP contribution in [0.4, 0.5) is 0 Å². The van der Waals surface area contributed by atoms with Gasteiger partial charge in [0.15, 0.2) is 0 Å². The fourth-order valence-electron chi connectivity index (χ4n) is 3.41. The summed E-state index contributed by atoms with van der Waals surface area (Å²) >= 11 is 0. The summed E-state index contributed by atoms with van der Waals surface area (Å²) in [5.74, 6) is 2.09. The zero-order valence-corrected chi connectivity index (χ0v) is 15.1. The van der Waals surface area contributed by atoms with Crippen LogP contribution in [0.3, 0.4) is 0 Å². The largest absolute Gasteiger partial charge is 0.490 e. The summed E-state index contributed by atoms with van der Waals surface area (Å²) in [5, 5.41) is 3.35. The predicted octanol–water partition coefficient (Wildman–Crippen LogP) is 2.97. The molecule has 3 heterocycles. The molecule has 0 aromatic carbocycles. The van der Waals surface area contributed by atoms with E-state index in [1.165, 1.54) is 24.0 Å². The number of nitrogens with zero attached hydrogens (tertiary/aromatic N) is 2. The van der Waals surface area contributed by atoms with Gasteiger partial charge in [-0.05, 0) is 73.4 Å². The van der Waals surface area contributed by atoms with Crippen molar-refractivity contribution in [1.82, 2.24) is 15.3 Å². The molecular formula is C21H27N3O2. The topological polar surface area (TPSA) is 56.3 Å². The van der Waals surface area contributed by atoms with Gasteiger partial charge in [-0.25, -0.2) is 0 Å². The molecule has 2 fully saturated rings. The van der Waals surface area contributed by atoms with Crippen molar-refractivity contribution in [3.63, 3.8) is 0 Å². The van der Waals surface area contributed by atoms with Crippen molar-refractivity contribution in [2.45, 2.75) is 37.6 Å². The third-order valence-electron chi connectivity index (χ3n) is 5.30. The van der Waals surface area contributed by atoms with Crippen molar-refractivity contribution >= 4 is 0 Å². The van der Waals surface area contributed by atoms with Gasteiger partial charge in [-0.1, -0.05) is 0 Å². The van der Waals surface area contributed by atoms with Crippen LogP contribution in [0.1, 0.15) is 36.3 Å². The van der Waals surface area contributed by atoms with Crippen molar-refractivity contribution in [3.8, 4) is 5.75 Å². The van der Waals surface area contributed by atoms with E-state index in [4.69, 9.17) is 9.47 Å². The molecule has 26 heavy (non-hydrogen) atoms. The molecule has 1 saturated carbocycles. The van der Waals surface area contributed by atoms with Crippen LogP contribution in [0.5, 0.6) is 5.75 Å². The minimum Gasteiger partial charge on any atom is -0.490 e. The number of ether oxygens (including phenoxy) is 2. The Morgan fingerprint density at radius 3 is 2.81 bits per heavy atom. The van der Waals surface area contributed by atoms with E-state index in [1.807, 2.05) is 24.8 Å². The number of nitrogens with one attached hydrogen (secondary N) is 1. The fraction of sp³-hybridized carbons (Fsp3) is 0.524. The van der Waals surface area contributed by atoms with Crippen LogP contribution in [0, 0.1) is 5.92 Å². The highest BCUT2D eigenvalue weighted by molar-refractivity contribution is 5.30. The van der Waals surface area contributed by atoms with Crippen LogP contribution in [0.25, 0.3) is 0 Å². The first kappa shape index (κ1) is 17.4. The molecule has 2 aromatic rings. The van der Waals surface area contributed by atoms with Crippen LogP contribution in [-0.4, -0.2) is 42.4 Å². The maximum Gasteiger partial charge on any atom is 0.137 e. The summed E-state index contributed by atoms with van der Waals surface area (Å²) in [6, 6.07) is 6.80. The van der Waals surface area contributed by atoms with E-state index in [0.717, 1.165) is 45.0 Å². The summed E-state index contributed by atoms with van der Waals surface area (Å²) in [4.78, 5) is 8.40. The Morgan fingerprint density at radius 1 is 1.12 bits per heavy atom. The molecule has 1 saturated heterocycles. The quantitative estimate of drug-likeness (QED) is 0.666. The minimum absolute atomic E-state index is 0.507. The molecule has 3 unspecified atom stereocenters. The van der Waals surface area contributed by atoms with E-state index in [1.54, 1.807) is 0 Å². The highest BCUT2D eigenvalue weighted by atomic mass is 16.5. The molecule has 1 aliphatic carbocycles. The number of aryl methyl sites for hydroxylation is 1. The SMILES string of the molecule is c1cc(CCCOCC2CC2c2cncc(OCC3CCN3)c2)ccn1. The molecule has 0 radical (unpaired) electrons. The van der Waals surface area contributed by atoms with Gasteiger partial charge in [0.1, 0.15) is 12.4 Å². The zero-order chi connectivity index (χ0) is 17.6. The monoisotopic (exact) mass is 353 g/mol. The second-order valence-electron chi connectivity index (χ2n) is 7.34. The maximum atomic E-state index is 5.89. The van der Waals surface area contributed by atoms with Gasteiger partial charge in [-0.3, -0.25) is 9.97 Å². The Morgan fingerprint density at radius 2 is 2.00 bits per heavy atom. The van der Waals surface area contributed by atoms with Gasteiger partial charge in [0, 0.05) is 37.8 Å². The van der Waals surface area contributed by atoms with E-state index >= 15 is 0 Å². The van der Waals surface area contributed by atoms with Crippen molar-refractivity contribution in [3.05, 3.63) is 54.1 Å². The van der Waals surface area contributed by atoms with Crippen LogP contribution in [0.15, 0.2) is 43.0 Å². The number of pyridine rings is 2. The molecule has 2 aliphatic rings. The molecule has 0 amide bonds. The van der Waals surface area contributed by atoms with Crippen molar-refractivity contribution in [1.29, 1.82) is 0 Å². The van der Waals surface area contributed by atoms with Gasteiger partial charge in [-0.2, -0.15) is 0 Å². The molecule has 2 aromatic heterocycles. The third kappa shape index (κ3) is 4.80. The Kier molecular flexibility index (Phi) is 5.77. The van der Waals surface area contributed by atoms with Crippen LogP contribution in [-0.2, 0) is 11.2 Å². The van der Waals surface area contributed by atoms with E-state index < -0.39 is 0 Å². The molecule has 4 rings (SSSR count). The van der Waals surface area contributed by atoms with Crippen molar-refractivity contribution < 1.29 is 9.47 Å². The summed E-state index contributed by atoms with van der Waals surface area (Å²) in [6.45, 7) is 3.51.